The third-order valence-corrected chi connectivity index (χ3v) is 6.17. The molecule has 0 aliphatic rings. The van der Waals surface area contributed by atoms with Crippen LogP contribution in [0.3, 0.4) is 0 Å². The monoisotopic (exact) mass is 452 g/mol. The van der Waals surface area contributed by atoms with Gasteiger partial charge in [-0.25, -0.2) is 8.42 Å². The third kappa shape index (κ3) is 6.34. The minimum Gasteiger partial charge on any atom is -0.451 e. The van der Waals surface area contributed by atoms with Gasteiger partial charge in [0.1, 0.15) is 6.04 Å². The van der Waals surface area contributed by atoms with Crippen LogP contribution in [0.5, 0.6) is 0 Å². The first-order valence-electron chi connectivity index (χ1n) is 8.78. The van der Waals surface area contributed by atoms with Crippen LogP contribution in [-0.4, -0.2) is 49.4 Å². The maximum absolute atomic E-state index is 12.5. The van der Waals surface area contributed by atoms with Gasteiger partial charge in [0.25, 0.3) is 5.91 Å². The summed E-state index contributed by atoms with van der Waals surface area (Å²) < 4.78 is 32.2. The van der Waals surface area contributed by atoms with Gasteiger partial charge in [0.15, 0.2) is 6.10 Å². The number of nitrogens with one attached hydrogen (secondary N) is 1. The number of sulfonamides is 1. The molecule has 0 saturated carbocycles. The number of amides is 1. The van der Waals surface area contributed by atoms with E-state index in [1.807, 2.05) is 27.7 Å². The molecule has 10 heteroatoms. The number of halogens is 2. The molecular formula is C18H26Cl2N2O5S. The average Bonchev–Trinajstić information content (AvgIpc) is 2.55. The molecule has 0 radical (unpaired) electrons. The van der Waals surface area contributed by atoms with E-state index in [0.29, 0.717) is 0 Å². The Bertz CT molecular complexity index is 819. The highest BCUT2D eigenvalue weighted by Crippen LogP contribution is 2.24. The van der Waals surface area contributed by atoms with E-state index in [4.69, 9.17) is 27.9 Å². The molecule has 1 N–H and O–H groups in total. The van der Waals surface area contributed by atoms with Crippen molar-refractivity contribution < 1.29 is 22.7 Å². The maximum atomic E-state index is 12.5. The van der Waals surface area contributed by atoms with Crippen LogP contribution in [0, 0.1) is 0 Å². The molecule has 1 amide bonds. The van der Waals surface area contributed by atoms with Crippen molar-refractivity contribution in [3.63, 3.8) is 0 Å². The first kappa shape index (κ1) is 24.7. The third-order valence-electron chi connectivity index (χ3n) is 3.89. The van der Waals surface area contributed by atoms with Gasteiger partial charge in [-0.05, 0) is 59.7 Å². The van der Waals surface area contributed by atoms with Crippen LogP contribution in [0.25, 0.3) is 0 Å². The second-order valence-corrected chi connectivity index (χ2v) is 9.46. The quantitative estimate of drug-likeness (QED) is 0.610. The topological polar surface area (TPSA) is 92.8 Å². The molecule has 0 spiro atoms. The Kier molecular flexibility index (Phi) is 8.74. The van der Waals surface area contributed by atoms with Gasteiger partial charge in [-0.1, -0.05) is 23.2 Å². The minimum absolute atomic E-state index is 0.0702. The standard InChI is InChI=1S/C18H26Cl2N2O5S/c1-10(2)22(11(3)4)17(23)13(6)27-18(24)12(5)21-28(25,26)14-7-8-15(19)16(20)9-14/h7-13,21H,1-6H3/t12-,13?/m0/s1. The molecule has 0 bridgehead atoms. The first-order valence-corrected chi connectivity index (χ1v) is 11.0. The summed E-state index contributed by atoms with van der Waals surface area (Å²) in [5.74, 6) is -1.21. The molecule has 0 fully saturated rings. The molecule has 0 aliphatic heterocycles. The Hall–Kier alpha value is -1.35. The first-order chi connectivity index (χ1) is 12.8. The van der Waals surface area contributed by atoms with Gasteiger partial charge in [-0.15, -0.1) is 0 Å². The summed E-state index contributed by atoms with van der Waals surface area (Å²) >= 11 is 11.6. The van der Waals surface area contributed by atoms with Gasteiger partial charge >= 0.3 is 5.97 Å². The number of nitrogens with zero attached hydrogens (tertiary/aromatic N) is 1. The number of benzene rings is 1. The molecule has 0 aromatic heterocycles. The lowest BCUT2D eigenvalue weighted by Gasteiger charge is -2.33. The zero-order valence-corrected chi connectivity index (χ0v) is 19.0. The minimum atomic E-state index is -4.03. The van der Waals surface area contributed by atoms with Crippen molar-refractivity contribution in [1.82, 2.24) is 9.62 Å². The molecule has 0 aliphatic carbocycles. The van der Waals surface area contributed by atoms with Crippen LogP contribution >= 0.6 is 23.2 Å². The SMILES string of the molecule is CC(OC(=O)[C@H](C)NS(=O)(=O)c1ccc(Cl)c(Cl)c1)C(=O)N(C(C)C)C(C)C. The van der Waals surface area contributed by atoms with Gasteiger partial charge in [-0.3, -0.25) is 9.59 Å². The summed E-state index contributed by atoms with van der Waals surface area (Å²) in [6.45, 7) is 10.2. The molecule has 1 unspecified atom stereocenters. The van der Waals surface area contributed by atoms with E-state index in [0.717, 1.165) is 0 Å². The largest absolute Gasteiger partial charge is 0.451 e. The van der Waals surface area contributed by atoms with E-state index < -0.39 is 28.1 Å². The second-order valence-electron chi connectivity index (χ2n) is 6.93. The molecule has 1 rings (SSSR count). The van der Waals surface area contributed by atoms with Crippen molar-refractivity contribution in [1.29, 1.82) is 0 Å². The lowest BCUT2D eigenvalue weighted by Crippen LogP contribution is -2.49. The summed E-state index contributed by atoms with van der Waals surface area (Å²) in [5.41, 5.74) is 0. The molecule has 158 valence electrons. The van der Waals surface area contributed by atoms with Crippen LogP contribution in [0.4, 0.5) is 0 Å². The van der Waals surface area contributed by atoms with Crippen molar-refractivity contribution in [2.45, 2.75) is 70.7 Å². The van der Waals surface area contributed by atoms with E-state index in [-0.39, 0.29) is 32.9 Å². The molecule has 2 atom stereocenters. The highest BCUT2D eigenvalue weighted by atomic mass is 35.5. The van der Waals surface area contributed by atoms with Crippen molar-refractivity contribution in [3.05, 3.63) is 28.2 Å². The summed E-state index contributed by atoms with van der Waals surface area (Å²) in [5, 5.41) is 0.279. The Morgan fingerprint density at radius 2 is 1.54 bits per heavy atom. The highest BCUT2D eigenvalue weighted by molar-refractivity contribution is 7.89. The van der Waals surface area contributed by atoms with E-state index in [2.05, 4.69) is 4.72 Å². The number of carbonyl (C=O) groups is 2. The van der Waals surface area contributed by atoms with E-state index in [1.165, 1.54) is 32.0 Å². The fourth-order valence-electron chi connectivity index (χ4n) is 2.63. The predicted molar refractivity (Wildman–Crippen MR) is 109 cm³/mol. The van der Waals surface area contributed by atoms with Gasteiger partial charge in [-0.2, -0.15) is 4.72 Å². The number of carbonyl (C=O) groups excluding carboxylic acids is 2. The lowest BCUT2D eigenvalue weighted by atomic mass is 10.2. The van der Waals surface area contributed by atoms with Gasteiger partial charge in [0, 0.05) is 12.1 Å². The predicted octanol–water partition coefficient (Wildman–Crippen LogP) is 3.24. The number of ether oxygens (including phenoxy) is 1. The fourth-order valence-corrected chi connectivity index (χ4v) is 4.22. The van der Waals surface area contributed by atoms with E-state index >= 15 is 0 Å². The smallest absolute Gasteiger partial charge is 0.324 e. The van der Waals surface area contributed by atoms with Crippen LogP contribution in [0.1, 0.15) is 41.5 Å². The Labute approximate surface area is 176 Å². The van der Waals surface area contributed by atoms with E-state index in [9.17, 15) is 18.0 Å². The Morgan fingerprint density at radius 1 is 1.00 bits per heavy atom. The molecule has 0 heterocycles. The molecule has 28 heavy (non-hydrogen) atoms. The van der Waals surface area contributed by atoms with Crippen molar-refractivity contribution in [3.8, 4) is 0 Å². The van der Waals surface area contributed by atoms with Gasteiger partial charge in [0.2, 0.25) is 10.0 Å². The Morgan fingerprint density at radius 3 is 2.00 bits per heavy atom. The summed E-state index contributed by atoms with van der Waals surface area (Å²) in [4.78, 5) is 26.3. The number of hydrogen-bond donors (Lipinski definition) is 1. The maximum Gasteiger partial charge on any atom is 0.324 e. The fraction of sp³-hybridized carbons (Fsp3) is 0.556. The lowest BCUT2D eigenvalue weighted by molar-refractivity contribution is -0.161. The van der Waals surface area contributed by atoms with Crippen molar-refractivity contribution in [2.24, 2.45) is 0 Å². The van der Waals surface area contributed by atoms with Crippen molar-refractivity contribution >= 4 is 45.1 Å². The van der Waals surface area contributed by atoms with Crippen LogP contribution in [0.15, 0.2) is 23.1 Å². The van der Waals surface area contributed by atoms with Crippen molar-refractivity contribution in [2.75, 3.05) is 0 Å². The summed E-state index contributed by atoms with van der Waals surface area (Å²) in [6, 6.07) is 2.44. The second kappa shape index (κ2) is 9.91. The summed E-state index contributed by atoms with van der Waals surface area (Å²) in [7, 11) is -4.03. The zero-order chi connectivity index (χ0) is 21.8. The van der Waals surface area contributed by atoms with Gasteiger partial charge in [0.05, 0.1) is 14.9 Å². The Balaban J connectivity index is 2.84. The van der Waals surface area contributed by atoms with Crippen LogP contribution in [-0.2, 0) is 24.3 Å². The molecule has 0 saturated heterocycles. The molecule has 7 nitrogen and oxygen atoms in total. The normalized spacial score (nSPS) is 14.1. The molecular weight excluding hydrogens is 427 g/mol. The average molecular weight is 453 g/mol. The van der Waals surface area contributed by atoms with E-state index in [1.54, 1.807) is 4.90 Å². The number of esters is 1. The van der Waals surface area contributed by atoms with Crippen LogP contribution in [0.2, 0.25) is 10.0 Å². The number of rotatable bonds is 8. The summed E-state index contributed by atoms with van der Waals surface area (Å²) in [6.07, 6.45) is -1.05. The highest BCUT2D eigenvalue weighted by Gasteiger charge is 2.30. The van der Waals surface area contributed by atoms with Crippen LogP contribution < -0.4 is 4.72 Å². The zero-order valence-electron chi connectivity index (χ0n) is 16.7. The van der Waals surface area contributed by atoms with Gasteiger partial charge < -0.3 is 9.64 Å². The number of hydrogen-bond acceptors (Lipinski definition) is 5. The molecule has 1 aromatic carbocycles. The molecule has 1 aromatic rings.